The monoisotopic (exact) mass is 507 g/mol. The first-order valence-corrected chi connectivity index (χ1v) is 11.0. The number of carbonyl (C=O) groups is 1. The average Bonchev–Trinajstić information content (AvgIpc) is 3.21. The van der Waals surface area contributed by atoms with Crippen molar-refractivity contribution in [1.82, 2.24) is 14.9 Å². The largest absolute Gasteiger partial charge is 0.467 e. The lowest BCUT2D eigenvalue weighted by Crippen LogP contribution is -2.31. The number of carbonyl (C=O) groups excluding carboxylic acids is 1. The number of aromatic nitrogens is 2. The molecule has 0 bridgehead atoms. The molecular formula is C23H24Cl3N5O2. The highest BCUT2D eigenvalue weighted by Crippen LogP contribution is 2.34. The van der Waals surface area contributed by atoms with E-state index in [1.165, 1.54) is 0 Å². The van der Waals surface area contributed by atoms with Gasteiger partial charge in [0.25, 0.3) is 11.8 Å². The van der Waals surface area contributed by atoms with Gasteiger partial charge in [-0.05, 0) is 37.6 Å². The normalized spacial score (nSPS) is 16.2. The summed E-state index contributed by atoms with van der Waals surface area (Å²) in [5.74, 6) is 0.306. The number of ether oxygens (including phenoxy) is 1. The van der Waals surface area contributed by atoms with Crippen LogP contribution in [0.15, 0.2) is 48.7 Å². The smallest absolute Gasteiger partial charge is 0.258 e. The summed E-state index contributed by atoms with van der Waals surface area (Å²) in [4.78, 5) is 23.1. The second-order valence-corrected chi connectivity index (χ2v) is 8.53. The highest BCUT2D eigenvalue weighted by Gasteiger charge is 2.24. The fourth-order valence-corrected chi connectivity index (χ4v) is 4.38. The van der Waals surface area contributed by atoms with Crippen LogP contribution < -0.4 is 16.2 Å². The fraction of sp³-hybridized carbons (Fsp3) is 0.261. The Labute approximate surface area is 208 Å². The molecule has 1 aliphatic rings. The van der Waals surface area contributed by atoms with Gasteiger partial charge in [0.15, 0.2) is 5.82 Å². The zero-order chi connectivity index (χ0) is 22.8. The summed E-state index contributed by atoms with van der Waals surface area (Å²) >= 11 is 12.6. The standard InChI is InChI=1S/C23H23Cl2N5O2.ClH/c1-13(20-17(24)3-2-4-18(20)25)32-22-21(27)28-11-19(29-22)14-5-7-15(8-6-14)23(31)30-10-9-16(26)12-30;/h2-8,11,13,16H,9-10,12,26H2,1H3,(H2,27,28);1H. The van der Waals surface area contributed by atoms with Crippen molar-refractivity contribution in [2.45, 2.75) is 25.5 Å². The topological polar surface area (TPSA) is 107 Å². The van der Waals surface area contributed by atoms with Gasteiger partial charge in [-0.25, -0.2) is 9.97 Å². The third kappa shape index (κ3) is 5.50. The summed E-state index contributed by atoms with van der Waals surface area (Å²) in [5, 5.41) is 0.985. The molecule has 7 nitrogen and oxygen atoms in total. The predicted octanol–water partition coefficient (Wildman–Crippen LogP) is 4.77. The summed E-state index contributed by atoms with van der Waals surface area (Å²) < 4.78 is 5.95. The summed E-state index contributed by atoms with van der Waals surface area (Å²) in [6.07, 6.45) is 1.90. The third-order valence-corrected chi connectivity index (χ3v) is 6.06. The Bertz CT molecular complexity index is 1120. The first-order chi connectivity index (χ1) is 15.3. The molecule has 0 aliphatic carbocycles. The maximum Gasteiger partial charge on any atom is 0.258 e. The van der Waals surface area contributed by atoms with E-state index in [1.54, 1.807) is 41.4 Å². The first kappa shape index (κ1) is 25.1. The van der Waals surface area contributed by atoms with Crippen LogP contribution in [-0.4, -0.2) is 39.9 Å². The average molecular weight is 509 g/mol. The van der Waals surface area contributed by atoms with Gasteiger partial charge in [-0.3, -0.25) is 4.79 Å². The van der Waals surface area contributed by atoms with Crippen LogP contribution in [0, 0.1) is 0 Å². The lowest BCUT2D eigenvalue weighted by atomic mass is 10.1. The van der Waals surface area contributed by atoms with Crippen LogP contribution in [0.2, 0.25) is 10.0 Å². The van der Waals surface area contributed by atoms with Crippen molar-refractivity contribution < 1.29 is 9.53 Å². The van der Waals surface area contributed by atoms with E-state index in [9.17, 15) is 4.79 Å². The van der Waals surface area contributed by atoms with Gasteiger partial charge in [0.1, 0.15) is 6.10 Å². The van der Waals surface area contributed by atoms with Crippen LogP contribution >= 0.6 is 35.6 Å². The molecule has 2 aromatic carbocycles. The van der Waals surface area contributed by atoms with E-state index in [0.29, 0.717) is 40.0 Å². The van der Waals surface area contributed by atoms with E-state index in [1.807, 2.05) is 19.1 Å². The molecule has 0 saturated carbocycles. The van der Waals surface area contributed by atoms with Gasteiger partial charge >= 0.3 is 0 Å². The molecule has 0 spiro atoms. The molecule has 10 heteroatoms. The molecule has 4 rings (SSSR count). The minimum Gasteiger partial charge on any atom is -0.467 e. The Hall–Kier alpha value is -2.58. The summed E-state index contributed by atoms with van der Waals surface area (Å²) in [6.45, 7) is 3.07. The number of halogens is 3. The molecule has 1 amide bonds. The molecule has 1 aromatic heterocycles. The number of likely N-dealkylation sites (tertiary alicyclic amines) is 1. The summed E-state index contributed by atoms with van der Waals surface area (Å²) in [5.41, 5.74) is 14.5. The van der Waals surface area contributed by atoms with Gasteiger partial charge in [-0.15, -0.1) is 12.4 Å². The molecular weight excluding hydrogens is 485 g/mol. The number of benzene rings is 2. The molecule has 2 atom stereocenters. The molecule has 2 unspecified atom stereocenters. The second-order valence-electron chi connectivity index (χ2n) is 7.72. The van der Waals surface area contributed by atoms with Gasteiger partial charge < -0.3 is 21.1 Å². The van der Waals surface area contributed by atoms with Crippen molar-refractivity contribution in [2.75, 3.05) is 18.8 Å². The maximum absolute atomic E-state index is 12.6. The van der Waals surface area contributed by atoms with Crippen molar-refractivity contribution >= 4 is 47.3 Å². The van der Waals surface area contributed by atoms with Crippen LogP contribution in [-0.2, 0) is 0 Å². The minimum atomic E-state index is -0.491. The summed E-state index contributed by atoms with van der Waals surface area (Å²) in [7, 11) is 0. The molecule has 2 heterocycles. The Kier molecular flexibility index (Phi) is 8.02. The van der Waals surface area contributed by atoms with Crippen molar-refractivity contribution in [3.05, 3.63) is 69.8 Å². The van der Waals surface area contributed by atoms with Gasteiger partial charge in [-0.2, -0.15) is 0 Å². The van der Waals surface area contributed by atoms with Crippen LogP contribution in [0.4, 0.5) is 5.82 Å². The SMILES string of the molecule is CC(Oc1nc(-c2ccc(C(=O)N3CCC(N)C3)cc2)cnc1N)c1c(Cl)cccc1Cl.Cl. The third-order valence-electron chi connectivity index (χ3n) is 5.40. The van der Waals surface area contributed by atoms with E-state index in [-0.39, 0.29) is 36.1 Å². The zero-order valence-electron chi connectivity index (χ0n) is 17.9. The first-order valence-electron chi connectivity index (χ1n) is 10.2. The Morgan fingerprint density at radius 3 is 2.45 bits per heavy atom. The number of rotatable bonds is 5. The molecule has 33 heavy (non-hydrogen) atoms. The van der Waals surface area contributed by atoms with Crippen molar-refractivity contribution in [3.8, 4) is 17.1 Å². The number of hydrogen-bond donors (Lipinski definition) is 2. The van der Waals surface area contributed by atoms with Crippen LogP contribution in [0.3, 0.4) is 0 Å². The number of amides is 1. The molecule has 1 fully saturated rings. The second kappa shape index (κ2) is 10.6. The number of nitrogens with zero attached hydrogens (tertiary/aromatic N) is 3. The van der Waals surface area contributed by atoms with E-state index in [4.69, 9.17) is 39.4 Å². The van der Waals surface area contributed by atoms with E-state index >= 15 is 0 Å². The van der Waals surface area contributed by atoms with Crippen molar-refractivity contribution in [2.24, 2.45) is 5.73 Å². The van der Waals surface area contributed by atoms with Gasteiger partial charge in [0.2, 0.25) is 0 Å². The maximum atomic E-state index is 12.6. The number of nitrogen functional groups attached to an aromatic ring is 1. The van der Waals surface area contributed by atoms with E-state index < -0.39 is 6.10 Å². The molecule has 1 saturated heterocycles. The molecule has 3 aromatic rings. The van der Waals surface area contributed by atoms with Crippen LogP contribution in [0.25, 0.3) is 11.3 Å². The molecule has 1 aliphatic heterocycles. The molecule has 0 radical (unpaired) electrons. The zero-order valence-corrected chi connectivity index (χ0v) is 20.2. The quantitative estimate of drug-likeness (QED) is 0.514. The van der Waals surface area contributed by atoms with Crippen molar-refractivity contribution in [1.29, 1.82) is 0 Å². The fourth-order valence-electron chi connectivity index (χ4n) is 3.67. The highest BCUT2D eigenvalue weighted by atomic mass is 35.5. The molecule has 174 valence electrons. The van der Waals surface area contributed by atoms with Gasteiger partial charge in [-0.1, -0.05) is 41.4 Å². The highest BCUT2D eigenvalue weighted by molar-refractivity contribution is 6.36. The number of nitrogens with two attached hydrogens (primary N) is 2. The van der Waals surface area contributed by atoms with Gasteiger partial charge in [0.05, 0.1) is 11.9 Å². The Morgan fingerprint density at radius 2 is 1.85 bits per heavy atom. The lowest BCUT2D eigenvalue weighted by Gasteiger charge is -2.18. The van der Waals surface area contributed by atoms with Crippen LogP contribution in [0.1, 0.15) is 35.4 Å². The number of hydrogen-bond acceptors (Lipinski definition) is 6. The minimum absolute atomic E-state index is 0. The van der Waals surface area contributed by atoms with E-state index in [2.05, 4.69) is 9.97 Å². The molecule has 4 N–H and O–H groups in total. The lowest BCUT2D eigenvalue weighted by molar-refractivity contribution is 0.0791. The van der Waals surface area contributed by atoms with E-state index in [0.717, 1.165) is 12.0 Å². The van der Waals surface area contributed by atoms with Gasteiger partial charge in [0, 0.05) is 45.9 Å². The Morgan fingerprint density at radius 1 is 1.18 bits per heavy atom. The van der Waals surface area contributed by atoms with Crippen molar-refractivity contribution in [3.63, 3.8) is 0 Å². The predicted molar refractivity (Wildman–Crippen MR) is 133 cm³/mol. The number of anilines is 1. The van der Waals surface area contributed by atoms with Crippen LogP contribution in [0.5, 0.6) is 5.88 Å². The summed E-state index contributed by atoms with van der Waals surface area (Å²) in [6, 6.07) is 12.5. The Balaban J connectivity index is 0.00000306.